The monoisotopic (exact) mass is 488 g/mol. The molecule has 3 aromatic rings. The number of rotatable bonds is 7. The Hall–Kier alpha value is -3.78. The molecule has 0 unspecified atom stereocenters. The second kappa shape index (κ2) is 9.70. The molecule has 2 heterocycles. The first kappa shape index (κ1) is 25.3. The van der Waals surface area contributed by atoms with Crippen molar-refractivity contribution in [3.8, 4) is 11.3 Å². The Morgan fingerprint density at radius 1 is 1.17 bits per heavy atom. The van der Waals surface area contributed by atoms with Crippen LogP contribution in [-0.2, 0) is 10.3 Å². The number of hydrogen-bond acceptors (Lipinski definition) is 6. The number of aryl methyl sites for hydroxylation is 1. The van der Waals surface area contributed by atoms with Gasteiger partial charge in [0, 0.05) is 24.9 Å². The quantitative estimate of drug-likeness (QED) is 0.505. The van der Waals surface area contributed by atoms with Crippen molar-refractivity contribution < 1.29 is 19.4 Å². The summed E-state index contributed by atoms with van der Waals surface area (Å²) >= 11 is 0. The third kappa shape index (κ3) is 5.39. The van der Waals surface area contributed by atoms with Crippen molar-refractivity contribution >= 4 is 12.0 Å². The summed E-state index contributed by atoms with van der Waals surface area (Å²) in [6, 6.07) is 15.3. The van der Waals surface area contributed by atoms with Crippen LogP contribution < -0.4 is 5.73 Å². The van der Waals surface area contributed by atoms with Gasteiger partial charge in [0.2, 0.25) is 0 Å². The van der Waals surface area contributed by atoms with Gasteiger partial charge in [-0.3, -0.25) is 9.78 Å². The van der Waals surface area contributed by atoms with Crippen molar-refractivity contribution in [2.24, 2.45) is 5.73 Å². The molecule has 2 atom stereocenters. The molecular formula is C28H32N4O4. The molecule has 188 valence electrons. The summed E-state index contributed by atoms with van der Waals surface area (Å²) < 4.78 is 6.12. The molecule has 3 N–H and O–H groups in total. The van der Waals surface area contributed by atoms with Gasteiger partial charge in [0.05, 0.1) is 29.7 Å². The smallest absolute Gasteiger partial charge is 0.411 e. The highest BCUT2D eigenvalue weighted by Gasteiger charge is 2.46. The lowest BCUT2D eigenvalue weighted by atomic mass is 9.80. The topological polar surface area (TPSA) is 119 Å². The fourth-order valence-electron chi connectivity index (χ4n) is 4.74. The van der Waals surface area contributed by atoms with Crippen LogP contribution in [0, 0.1) is 6.92 Å². The first-order valence-electron chi connectivity index (χ1n) is 12.0. The van der Waals surface area contributed by atoms with Crippen molar-refractivity contribution in [2.75, 3.05) is 6.54 Å². The molecule has 2 amide bonds. The van der Waals surface area contributed by atoms with Gasteiger partial charge >= 0.3 is 6.09 Å². The van der Waals surface area contributed by atoms with Crippen LogP contribution in [0.1, 0.15) is 66.8 Å². The number of amides is 2. The Balaban J connectivity index is 1.54. The number of benzene rings is 2. The molecule has 1 aliphatic rings. The van der Waals surface area contributed by atoms with Gasteiger partial charge < -0.3 is 20.5 Å². The van der Waals surface area contributed by atoms with Crippen LogP contribution in [0.3, 0.4) is 0 Å². The Morgan fingerprint density at radius 3 is 2.42 bits per heavy atom. The third-order valence-electron chi connectivity index (χ3n) is 6.61. The van der Waals surface area contributed by atoms with E-state index in [-0.39, 0.29) is 11.7 Å². The second-order valence-electron chi connectivity index (χ2n) is 10.1. The number of primary amides is 1. The first-order valence-corrected chi connectivity index (χ1v) is 12.0. The number of aliphatic hydroxyl groups is 1. The van der Waals surface area contributed by atoms with Gasteiger partial charge in [-0.15, -0.1) is 0 Å². The van der Waals surface area contributed by atoms with Crippen LogP contribution in [-0.4, -0.2) is 44.1 Å². The predicted octanol–water partition coefficient (Wildman–Crippen LogP) is 4.51. The number of hydrogen-bond donors (Lipinski definition) is 2. The lowest BCUT2D eigenvalue weighted by Crippen LogP contribution is -2.51. The molecule has 0 spiro atoms. The highest BCUT2D eigenvalue weighted by atomic mass is 16.6. The van der Waals surface area contributed by atoms with Crippen molar-refractivity contribution in [1.82, 2.24) is 14.9 Å². The minimum atomic E-state index is -1.01. The highest BCUT2D eigenvalue weighted by Crippen LogP contribution is 2.42. The van der Waals surface area contributed by atoms with E-state index in [0.717, 1.165) is 22.3 Å². The average molecular weight is 489 g/mol. The lowest BCUT2D eigenvalue weighted by molar-refractivity contribution is -0.101. The lowest BCUT2D eigenvalue weighted by Gasteiger charge is -2.45. The summed E-state index contributed by atoms with van der Waals surface area (Å²) in [4.78, 5) is 34.7. The zero-order valence-electron chi connectivity index (χ0n) is 21.1. The minimum absolute atomic E-state index is 0.101. The summed E-state index contributed by atoms with van der Waals surface area (Å²) in [5.74, 6) is -0.635. The van der Waals surface area contributed by atoms with Crippen LogP contribution in [0.15, 0.2) is 60.9 Å². The predicted molar refractivity (Wildman–Crippen MR) is 136 cm³/mol. The highest BCUT2D eigenvalue weighted by molar-refractivity contribution is 5.90. The Labute approximate surface area is 211 Å². The van der Waals surface area contributed by atoms with Gasteiger partial charge in [-0.25, -0.2) is 9.78 Å². The zero-order valence-corrected chi connectivity index (χ0v) is 21.1. The van der Waals surface area contributed by atoms with Gasteiger partial charge in [-0.05, 0) is 38.8 Å². The first-order chi connectivity index (χ1) is 17.0. The molecule has 0 aliphatic carbocycles. The van der Waals surface area contributed by atoms with Gasteiger partial charge in [0.1, 0.15) is 11.3 Å². The van der Waals surface area contributed by atoms with E-state index in [9.17, 15) is 14.7 Å². The summed E-state index contributed by atoms with van der Waals surface area (Å²) in [5.41, 5.74) is 7.77. The van der Waals surface area contributed by atoms with E-state index in [1.54, 1.807) is 24.9 Å². The number of carbonyl (C=O) groups is 2. The molecule has 0 bridgehead atoms. The van der Waals surface area contributed by atoms with E-state index in [1.165, 1.54) is 6.20 Å². The maximum atomic E-state index is 13.3. The summed E-state index contributed by atoms with van der Waals surface area (Å²) in [6.07, 6.45) is 3.35. The normalized spacial score (nSPS) is 19.0. The number of nitrogens with zero attached hydrogens (tertiary/aromatic N) is 3. The molecule has 2 aromatic carbocycles. The molecule has 36 heavy (non-hydrogen) atoms. The molecule has 1 aliphatic heterocycles. The number of ether oxygens (including phenoxy) is 1. The maximum absolute atomic E-state index is 13.3. The van der Waals surface area contributed by atoms with Crippen molar-refractivity contribution in [2.45, 2.75) is 57.8 Å². The van der Waals surface area contributed by atoms with Gasteiger partial charge in [-0.1, -0.05) is 54.1 Å². The van der Waals surface area contributed by atoms with E-state index >= 15 is 0 Å². The van der Waals surface area contributed by atoms with E-state index in [0.29, 0.717) is 25.1 Å². The number of nitrogens with two attached hydrogens (primary N) is 1. The molecule has 8 heteroatoms. The van der Waals surface area contributed by atoms with Crippen molar-refractivity contribution in [1.29, 1.82) is 0 Å². The minimum Gasteiger partial charge on any atom is -0.438 e. The van der Waals surface area contributed by atoms with E-state index < -0.39 is 23.2 Å². The van der Waals surface area contributed by atoms with Crippen LogP contribution in [0.5, 0.6) is 0 Å². The fraction of sp³-hybridized carbons (Fsp3) is 0.357. The second-order valence-corrected chi connectivity index (χ2v) is 10.1. The number of carbonyl (C=O) groups excluding carboxylic acids is 2. The molecule has 0 saturated carbocycles. The molecule has 1 aromatic heterocycles. The Bertz CT molecular complexity index is 1250. The van der Waals surface area contributed by atoms with E-state index in [4.69, 9.17) is 10.5 Å². The average Bonchev–Trinajstić information content (AvgIpc) is 2.83. The zero-order chi connectivity index (χ0) is 26.1. The van der Waals surface area contributed by atoms with Crippen molar-refractivity contribution in [3.05, 3.63) is 83.3 Å². The number of cyclic esters (lactones) is 1. The van der Waals surface area contributed by atoms with E-state index in [1.807, 2.05) is 62.4 Å². The van der Waals surface area contributed by atoms with Crippen LogP contribution in [0.2, 0.25) is 0 Å². The van der Waals surface area contributed by atoms with Gasteiger partial charge in [-0.2, -0.15) is 0 Å². The SMILES string of the molecule is Cc1ccc([C@@]2(CC(C)(C)O)CCN([C@@H](C)c3ccc(-c4cncc(C(N)=O)n4)cc3)C(=O)O2)cc1. The molecule has 1 fully saturated rings. The van der Waals surface area contributed by atoms with Gasteiger partial charge in [0.15, 0.2) is 0 Å². The standard InChI is InChI=1S/C28H32N4O4/c1-18-5-11-22(12-6-18)28(17-27(3,4)35)13-14-32(26(34)36-28)19(2)20-7-9-21(10-8-20)23-15-30-16-24(31-23)25(29)33/h5-12,15-16,19,35H,13-14,17H2,1-4H3,(H2,29,33)/t19-,28-/m0/s1. The molecule has 8 nitrogen and oxygen atoms in total. The van der Waals surface area contributed by atoms with E-state index in [2.05, 4.69) is 9.97 Å². The van der Waals surface area contributed by atoms with Crippen molar-refractivity contribution in [3.63, 3.8) is 0 Å². The third-order valence-corrected chi connectivity index (χ3v) is 6.61. The summed E-state index contributed by atoms with van der Waals surface area (Å²) in [7, 11) is 0. The molecule has 1 saturated heterocycles. The van der Waals surface area contributed by atoms with Crippen LogP contribution in [0.4, 0.5) is 4.79 Å². The largest absolute Gasteiger partial charge is 0.438 e. The molecule has 0 radical (unpaired) electrons. The molecular weight excluding hydrogens is 456 g/mol. The molecule has 4 rings (SSSR count). The van der Waals surface area contributed by atoms with Gasteiger partial charge in [0.25, 0.3) is 5.91 Å². The number of aromatic nitrogens is 2. The fourth-order valence-corrected chi connectivity index (χ4v) is 4.74. The summed E-state index contributed by atoms with van der Waals surface area (Å²) in [6.45, 7) is 7.92. The summed E-state index contributed by atoms with van der Waals surface area (Å²) in [5, 5.41) is 10.6. The Morgan fingerprint density at radius 2 is 1.83 bits per heavy atom. The maximum Gasteiger partial charge on any atom is 0.411 e. The Kier molecular flexibility index (Phi) is 6.82. The van der Waals surface area contributed by atoms with Crippen LogP contribution >= 0.6 is 0 Å². The van der Waals surface area contributed by atoms with Crippen LogP contribution in [0.25, 0.3) is 11.3 Å².